The molecular weight excluding hydrogens is 406 g/mol. The van der Waals surface area contributed by atoms with Crippen molar-refractivity contribution >= 4 is 27.6 Å². The highest BCUT2D eigenvalue weighted by atomic mass is 79.9. The van der Waals surface area contributed by atoms with Crippen LogP contribution in [0.25, 0.3) is 5.82 Å². The van der Waals surface area contributed by atoms with Crippen LogP contribution in [-0.2, 0) is 0 Å². The Kier molecular flexibility index (Phi) is 4.82. The molecule has 1 saturated heterocycles. The van der Waals surface area contributed by atoms with Gasteiger partial charge in [-0.2, -0.15) is 5.10 Å². The summed E-state index contributed by atoms with van der Waals surface area (Å²) in [6.45, 7) is 9.71. The summed E-state index contributed by atoms with van der Waals surface area (Å²) < 4.78 is 2.84. The zero-order chi connectivity index (χ0) is 19.0. The number of anilines is 2. The first-order valence-corrected chi connectivity index (χ1v) is 9.80. The van der Waals surface area contributed by atoms with Gasteiger partial charge in [0.15, 0.2) is 11.6 Å². The fraction of sp³-hybridized carbons (Fsp3) is 0.368. The molecule has 0 radical (unpaired) electrons. The maximum absolute atomic E-state index is 4.58. The van der Waals surface area contributed by atoms with Gasteiger partial charge in [-0.3, -0.25) is 0 Å². The summed E-state index contributed by atoms with van der Waals surface area (Å²) in [6, 6.07) is 8.15. The van der Waals surface area contributed by atoms with E-state index in [0.29, 0.717) is 0 Å². The van der Waals surface area contributed by atoms with E-state index >= 15 is 0 Å². The molecule has 0 N–H and O–H groups in total. The molecule has 0 aliphatic carbocycles. The van der Waals surface area contributed by atoms with Crippen molar-refractivity contribution in [3.8, 4) is 5.82 Å². The smallest absolute Gasteiger partial charge is 0.176 e. The lowest BCUT2D eigenvalue weighted by Crippen LogP contribution is -2.47. The van der Waals surface area contributed by atoms with E-state index in [-0.39, 0.29) is 0 Å². The van der Waals surface area contributed by atoms with Crippen LogP contribution in [0.1, 0.15) is 17.0 Å². The second-order valence-corrected chi connectivity index (χ2v) is 7.77. The number of rotatable bonds is 3. The predicted molar refractivity (Wildman–Crippen MR) is 110 cm³/mol. The number of hydrogen-bond acceptors (Lipinski definition) is 6. The molecule has 3 aromatic heterocycles. The van der Waals surface area contributed by atoms with Crippen molar-refractivity contribution in [1.29, 1.82) is 0 Å². The van der Waals surface area contributed by atoms with Crippen molar-refractivity contribution in [3.05, 3.63) is 51.9 Å². The molecule has 0 saturated carbocycles. The summed E-state index contributed by atoms with van der Waals surface area (Å²) in [4.78, 5) is 9.17. The molecule has 3 aromatic rings. The van der Waals surface area contributed by atoms with Crippen molar-refractivity contribution in [2.45, 2.75) is 20.8 Å². The molecule has 4 heterocycles. The molecule has 140 valence electrons. The Morgan fingerprint density at radius 2 is 1.56 bits per heavy atom. The van der Waals surface area contributed by atoms with Crippen LogP contribution >= 0.6 is 15.9 Å². The van der Waals surface area contributed by atoms with Gasteiger partial charge in [0.25, 0.3) is 0 Å². The minimum Gasteiger partial charge on any atom is -0.353 e. The lowest BCUT2D eigenvalue weighted by molar-refractivity contribution is 0.635. The Morgan fingerprint density at radius 1 is 0.889 bits per heavy atom. The van der Waals surface area contributed by atoms with Crippen molar-refractivity contribution in [2.75, 3.05) is 36.0 Å². The van der Waals surface area contributed by atoms with Gasteiger partial charge in [0, 0.05) is 42.5 Å². The first-order valence-electron chi connectivity index (χ1n) is 9.01. The fourth-order valence-corrected chi connectivity index (χ4v) is 3.92. The van der Waals surface area contributed by atoms with Crippen LogP contribution in [0.15, 0.2) is 34.9 Å². The van der Waals surface area contributed by atoms with Crippen LogP contribution in [0.3, 0.4) is 0 Å². The van der Waals surface area contributed by atoms with Gasteiger partial charge in [0.05, 0.1) is 5.69 Å². The van der Waals surface area contributed by atoms with Crippen molar-refractivity contribution < 1.29 is 0 Å². The van der Waals surface area contributed by atoms with E-state index in [1.807, 2.05) is 42.9 Å². The summed E-state index contributed by atoms with van der Waals surface area (Å²) in [5, 5.41) is 13.3. The molecule has 1 fully saturated rings. The summed E-state index contributed by atoms with van der Waals surface area (Å²) in [5.41, 5.74) is 3.22. The third-order valence-corrected chi connectivity index (χ3v) is 5.22. The normalized spacial score (nSPS) is 14.7. The number of aromatic nitrogens is 5. The molecule has 0 aromatic carbocycles. The molecule has 0 unspecified atom stereocenters. The monoisotopic (exact) mass is 427 g/mol. The number of hydrogen-bond donors (Lipinski definition) is 0. The quantitative estimate of drug-likeness (QED) is 0.639. The van der Waals surface area contributed by atoms with E-state index < -0.39 is 0 Å². The van der Waals surface area contributed by atoms with Crippen LogP contribution in [0.4, 0.5) is 11.6 Å². The third-order valence-electron chi connectivity index (χ3n) is 4.78. The molecule has 7 nitrogen and oxygen atoms in total. The van der Waals surface area contributed by atoms with Gasteiger partial charge in [0.1, 0.15) is 5.82 Å². The lowest BCUT2D eigenvalue weighted by atomic mass is 10.2. The van der Waals surface area contributed by atoms with E-state index in [4.69, 9.17) is 0 Å². The SMILES string of the molecule is Cc1cc(C)n(-c2ccc(N3CCN(c4ncc(Br)cc4C)CC3)nn2)n1. The Labute approximate surface area is 167 Å². The van der Waals surface area contributed by atoms with Crippen LogP contribution < -0.4 is 9.80 Å². The minimum atomic E-state index is 0.748. The lowest BCUT2D eigenvalue weighted by Gasteiger charge is -2.36. The Balaban J connectivity index is 1.44. The molecular formula is C19H22BrN7. The number of halogens is 1. The fourth-order valence-electron chi connectivity index (χ4n) is 3.47. The highest BCUT2D eigenvalue weighted by Gasteiger charge is 2.21. The van der Waals surface area contributed by atoms with Gasteiger partial charge in [0.2, 0.25) is 0 Å². The Hall–Kier alpha value is -2.48. The molecule has 0 amide bonds. The van der Waals surface area contributed by atoms with Gasteiger partial charge >= 0.3 is 0 Å². The van der Waals surface area contributed by atoms with Crippen LogP contribution in [0.5, 0.6) is 0 Å². The van der Waals surface area contributed by atoms with E-state index in [2.05, 4.69) is 59.0 Å². The zero-order valence-corrected chi connectivity index (χ0v) is 17.3. The maximum atomic E-state index is 4.58. The summed E-state index contributed by atoms with van der Waals surface area (Å²) in [5.74, 6) is 2.71. The van der Waals surface area contributed by atoms with E-state index in [1.54, 1.807) is 0 Å². The molecule has 27 heavy (non-hydrogen) atoms. The summed E-state index contributed by atoms with van der Waals surface area (Å²) in [6.07, 6.45) is 1.86. The van der Waals surface area contributed by atoms with Gasteiger partial charge in [-0.05, 0) is 66.5 Å². The first-order chi connectivity index (χ1) is 13.0. The van der Waals surface area contributed by atoms with Crippen LogP contribution in [0, 0.1) is 20.8 Å². The second kappa shape index (κ2) is 7.26. The molecule has 0 bridgehead atoms. The van der Waals surface area contributed by atoms with Crippen LogP contribution in [-0.4, -0.2) is 51.1 Å². The van der Waals surface area contributed by atoms with Gasteiger partial charge in [-0.15, -0.1) is 10.2 Å². The highest BCUT2D eigenvalue weighted by molar-refractivity contribution is 9.10. The first kappa shape index (κ1) is 17.9. The van der Waals surface area contributed by atoms with Crippen molar-refractivity contribution in [2.24, 2.45) is 0 Å². The van der Waals surface area contributed by atoms with Gasteiger partial charge < -0.3 is 9.80 Å². The Morgan fingerprint density at radius 3 is 2.15 bits per heavy atom. The van der Waals surface area contributed by atoms with Crippen LogP contribution in [0.2, 0.25) is 0 Å². The van der Waals surface area contributed by atoms with Crippen molar-refractivity contribution in [1.82, 2.24) is 25.0 Å². The van der Waals surface area contributed by atoms with E-state index in [9.17, 15) is 0 Å². The van der Waals surface area contributed by atoms with Crippen molar-refractivity contribution in [3.63, 3.8) is 0 Å². The average molecular weight is 428 g/mol. The molecule has 0 atom stereocenters. The number of aryl methyl sites for hydroxylation is 3. The minimum absolute atomic E-state index is 0.748. The molecule has 8 heteroatoms. The predicted octanol–water partition coefficient (Wildman–Crippen LogP) is 3.07. The number of nitrogens with zero attached hydrogens (tertiary/aromatic N) is 7. The van der Waals surface area contributed by atoms with E-state index in [1.165, 1.54) is 5.56 Å². The molecule has 0 spiro atoms. The maximum Gasteiger partial charge on any atom is 0.176 e. The number of pyridine rings is 1. The largest absolute Gasteiger partial charge is 0.353 e. The molecule has 1 aliphatic heterocycles. The standard InChI is InChI=1S/C19H22BrN7/c1-13-10-16(20)12-21-19(13)26-8-6-25(7-9-26)17-4-5-18(23-22-17)27-15(3)11-14(2)24-27/h4-5,10-12H,6-9H2,1-3H3. The van der Waals surface area contributed by atoms with Gasteiger partial charge in [-0.25, -0.2) is 9.67 Å². The molecule has 4 rings (SSSR count). The summed E-state index contributed by atoms with van der Waals surface area (Å²) >= 11 is 3.48. The van der Waals surface area contributed by atoms with E-state index in [0.717, 1.165) is 59.5 Å². The second-order valence-electron chi connectivity index (χ2n) is 6.86. The average Bonchev–Trinajstić information content (AvgIpc) is 3.00. The molecule has 1 aliphatic rings. The number of piperazine rings is 1. The Bertz CT molecular complexity index is 943. The third kappa shape index (κ3) is 3.66. The summed E-state index contributed by atoms with van der Waals surface area (Å²) in [7, 11) is 0. The zero-order valence-electron chi connectivity index (χ0n) is 15.7. The topological polar surface area (TPSA) is 63.0 Å². The van der Waals surface area contributed by atoms with Gasteiger partial charge in [-0.1, -0.05) is 0 Å². The highest BCUT2D eigenvalue weighted by Crippen LogP contribution is 2.23.